The zero-order chi connectivity index (χ0) is 14.9. The van der Waals surface area contributed by atoms with Crippen LogP contribution in [-0.4, -0.2) is 35.1 Å². The number of nitrogens with zero attached hydrogens (tertiary/aromatic N) is 1. The van der Waals surface area contributed by atoms with Crippen LogP contribution in [0.1, 0.15) is 18.9 Å². The Bertz CT molecular complexity index is 561. The third-order valence-corrected chi connectivity index (χ3v) is 4.58. The number of hydrogen-bond donors (Lipinski definition) is 2. The minimum atomic E-state index is -0.854. The van der Waals surface area contributed by atoms with Crippen molar-refractivity contribution in [2.75, 3.05) is 18.4 Å². The third-order valence-electron chi connectivity index (χ3n) is 3.69. The van der Waals surface area contributed by atoms with Gasteiger partial charge in [0.2, 0.25) is 0 Å². The van der Waals surface area contributed by atoms with Crippen molar-refractivity contribution in [1.82, 2.24) is 4.90 Å². The second-order valence-corrected chi connectivity index (χ2v) is 6.29. The van der Waals surface area contributed by atoms with Crippen molar-refractivity contribution in [1.29, 1.82) is 0 Å². The van der Waals surface area contributed by atoms with Gasteiger partial charge in [0, 0.05) is 23.2 Å². The summed E-state index contributed by atoms with van der Waals surface area (Å²) in [6, 6.07) is 5.29. The van der Waals surface area contributed by atoms with Gasteiger partial charge in [-0.05, 0) is 44.0 Å². The number of rotatable bonds is 2. The van der Waals surface area contributed by atoms with Gasteiger partial charge < -0.3 is 15.3 Å². The molecule has 1 aliphatic rings. The van der Waals surface area contributed by atoms with E-state index in [1.807, 2.05) is 19.1 Å². The first kappa shape index (κ1) is 14.8. The Morgan fingerprint density at radius 2 is 2.15 bits per heavy atom. The number of benzene rings is 1. The topological polar surface area (TPSA) is 69.6 Å². The van der Waals surface area contributed by atoms with Gasteiger partial charge in [0.15, 0.2) is 0 Å². The SMILES string of the molecule is Cc1cc(NC(=O)N2CCC(C)(C(=O)O)C2)ccc1Br. The summed E-state index contributed by atoms with van der Waals surface area (Å²) in [4.78, 5) is 24.8. The number of carbonyl (C=O) groups excluding carboxylic acids is 1. The number of carboxylic acid groups (broad SMARTS) is 1. The molecule has 0 aliphatic carbocycles. The Labute approximate surface area is 126 Å². The molecular weight excluding hydrogens is 324 g/mol. The van der Waals surface area contributed by atoms with Crippen LogP contribution >= 0.6 is 15.9 Å². The number of aryl methyl sites for hydroxylation is 1. The molecule has 0 saturated carbocycles. The van der Waals surface area contributed by atoms with Crippen molar-refractivity contribution in [3.8, 4) is 0 Å². The fraction of sp³-hybridized carbons (Fsp3) is 0.429. The average molecular weight is 341 g/mol. The zero-order valence-corrected chi connectivity index (χ0v) is 13.0. The van der Waals surface area contributed by atoms with Crippen molar-refractivity contribution in [2.45, 2.75) is 20.3 Å². The predicted molar refractivity (Wildman–Crippen MR) is 79.8 cm³/mol. The molecule has 2 N–H and O–H groups in total. The fourth-order valence-corrected chi connectivity index (χ4v) is 2.48. The lowest BCUT2D eigenvalue weighted by atomic mass is 9.90. The lowest BCUT2D eigenvalue weighted by Gasteiger charge is -2.20. The summed E-state index contributed by atoms with van der Waals surface area (Å²) >= 11 is 3.40. The predicted octanol–water partition coefficient (Wildman–Crippen LogP) is 3.09. The number of carboxylic acids is 1. The van der Waals surface area contributed by atoms with Gasteiger partial charge in [0.25, 0.3) is 0 Å². The third kappa shape index (κ3) is 2.95. The van der Waals surface area contributed by atoms with Crippen LogP contribution < -0.4 is 5.32 Å². The molecule has 1 atom stereocenters. The molecule has 1 aromatic carbocycles. The number of urea groups is 1. The molecule has 2 rings (SSSR count). The molecule has 0 spiro atoms. The molecule has 1 unspecified atom stereocenters. The van der Waals surface area contributed by atoms with E-state index in [0.29, 0.717) is 18.7 Å². The molecule has 1 fully saturated rings. The van der Waals surface area contributed by atoms with Crippen LogP contribution in [0.2, 0.25) is 0 Å². The number of halogens is 1. The Morgan fingerprint density at radius 3 is 2.70 bits per heavy atom. The molecule has 0 bridgehead atoms. The highest BCUT2D eigenvalue weighted by Gasteiger charge is 2.42. The summed E-state index contributed by atoms with van der Waals surface area (Å²) in [5.41, 5.74) is 0.895. The molecule has 1 aromatic rings. The van der Waals surface area contributed by atoms with Crippen molar-refractivity contribution in [3.05, 3.63) is 28.2 Å². The molecule has 20 heavy (non-hydrogen) atoms. The Kier molecular flexibility index (Phi) is 4.04. The minimum absolute atomic E-state index is 0.240. The number of hydrogen-bond acceptors (Lipinski definition) is 2. The Morgan fingerprint density at radius 1 is 1.45 bits per heavy atom. The van der Waals surface area contributed by atoms with Gasteiger partial charge in [0.05, 0.1) is 5.41 Å². The molecular formula is C14H17BrN2O3. The number of likely N-dealkylation sites (tertiary alicyclic amines) is 1. The number of aliphatic carboxylic acids is 1. The maximum Gasteiger partial charge on any atom is 0.321 e. The Hall–Kier alpha value is -1.56. The number of anilines is 1. The van der Waals surface area contributed by atoms with Crippen molar-refractivity contribution < 1.29 is 14.7 Å². The second kappa shape index (κ2) is 5.44. The molecule has 108 valence electrons. The van der Waals surface area contributed by atoms with E-state index in [4.69, 9.17) is 5.11 Å². The maximum absolute atomic E-state index is 12.1. The van der Waals surface area contributed by atoms with Gasteiger partial charge in [-0.3, -0.25) is 4.79 Å². The highest BCUT2D eigenvalue weighted by Crippen LogP contribution is 2.30. The summed E-state index contributed by atoms with van der Waals surface area (Å²) < 4.78 is 0.982. The Balaban J connectivity index is 2.03. The van der Waals surface area contributed by atoms with Crippen LogP contribution in [0.4, 0.5) is 10.5 Å². The summed E-state index contributed by atoms with van der Waals surface area (Å²) in [7, 11) is 0. The summed E-state index contributed by atoms with van der Waals surface area (Å²) in [6.45, 7) is 4.32. The average Bonchev–Trinajstić information content (AvgIpc) is 2.78. The summed E-state index contributed by atoms with van der Waals surface area (Å²) in [6.07, 6.45) is 0.481. The quantitative estimate of drug-likeness (QED) is 0.869. The highest BCUT2D eigenvalue weighted by atomic mass is 79.9. The van der Waals surface area contributed by atoms with Gasteiger partial charge in [-0.2, -0.15) is 0 Å². The van der Waals surface area contributed by atoms with Gasteiger partial charge in [-0.1, -0.05) is 15.9 Å². The van der Waals surface area contributed by atoms with Gasteiger partial charge >= 0.3 is 12.0 Å². The standard InChI is InChI=1S/C14H17BrN2O3/c1-9-7-10(3-4-11(9)15)16-13(20)17-6-5-14(2,8-17)12(18)19/h3-4,7H,5-6,8H2,1-2H3,(H,16,20)(H,18,19). The van der Waals surface area contributed by atoms with Crippen LogP contribution in [0.25, 0.3) is 0 Å². The van der Waals surface area contributed by atoms with Crippen LogP contribution in [0.15, 0.2) is 22.7 Å². The van der Waals surface area contributed by atoms with Gasteiger partial charge in [-0.15, -0.1) is 0 Å². The monoisotopic (exact) mass is 340 g/mol. The molecule has 1 heterocycles. The normalized spacial score (nSPS) is 21.9. The molecule has 6 heteroatoms. The van der Waals surface area contributed by atoms with E-state index in [-0.39, 0.29) is 12.6 Å². The van der Waals surface area contributed by atoms with Crippen LogP contribution in [0.3, 0.4) is 0 Å². The lowest BCUT2D eigenvalue weighted by Crippen LogP contribution is -2.37. The molecule has 2 amide bonds. The molecule has 0 aromatic heterocycles. The first-order valence-corrected chi connectivity index (χ1v) is 7.17. The molecule has 5 nitrogen and oxygen atoms in total. The van der Waals surface area contributed by atoms with E-state index in [1.54, 1.807) is 17.9 Å². The minimum Gasteiger partial charge on any atom is -0.481 e. The lowest BCUT2D eigenvalue weighted by molar-refractivity contribution is -0.146. The highest BCUT2D eigenvalue weighted by molar-refractivity contribution is 9.10. The van der Waals surface area contributed by atoms with Crippen LogP contribution in [-0.2, 0) is 4.79 Å². The number of nitrogens with one attached hydrogen (secondary N) is 1. The van der Waals surface area contributed by atoms with Crippen LogP contribution in [0, 0.1) is 12.3 Å². The van der Waals surface area contributed by atoms with Crippen molar-refractivity contribution in [2.24, 2.45) is 5.41 Å². The maximum atomic E-state index is 12.1. The van der Waals surface area contributed by atoms with Crippen molar-refractivity contribution in [3.63, 3.8) is 0 Å². The zero-order valence-electron chi connectivity index (χ0n) is 11.4. The van der Waals surface area contributed by atoms with E-state index < -0.39 is 11.4 Å². The molecule has 1 saturated heterocycles. The van der Waals surface area contributed by atoms with Gasteiger partial charge in [0.1, 0.15) is 0 Å². The summed E-state index contributed by atoms with van der Waals surface area (Å²) in [5, 5.41) is 12.0. The van der Waals surface area contributed by atoms with E-state index in [1.165, 1.54) is 0 Å². The van der Waals surface area contributed by atoms with Crippen molar-refractivity contribution >= 4 is 33.6 Å². The first-order chi connectivity index (χ1) is 9.32. The van der Waals surface area contributed by atoms with E-state index >= 15 is 0 Å². The van der Waals surface area contributed by atoms with E-state index in [2.05, 4.69) is 21.2 Å². The fourth-order valence-electron chi connectivity index (χ4n) is 2.23. The first-order valence-electron chi connectivity index (χ1n) is 6.37. The van der Waals surface area contributed by atoms with Gasteiger partial charge in [-0.25, -0.2) is 4.79 Å². The van der Waals surface area contributed by atoms with E-state index in [9.17, 15) is 9.59 Å². The number of amides is 2. The molecule has 0 radical (unpaired) electrons. The molecule has 1 aliphatic heterocycles. The number of carbonyl (C=O) groups is 2. The smallest absolute Gasteiger partial charge is 0.321 e. The largest absolute Gasteiger partial charge is 0.481 e. The summed E-state index contributed by atoms with van der Waals surface area (Å²) in [5.74, 6) is -0.854. The van der Waals surface area contributed by atoms with E-state index in [0.717, 1.165) is 10.0 Å². The van der Waals surface area contributed by atoms with Crippen LogP contribution in [0.5, 0.6) is 0 Å². The second-order valence-electron chi connectivity index (χ2n) is 5.43.